The number of carboxylic acids is 1. The lowest BCUT2D eigenvalue weighted by molar-refractivity contribution is 0.0696. The van der Waals surface area contributed by atoms with E-state index in [0.717, 1.165) is 12.0 Å². The molecule has 1 aliphatic heterocycles. The van der Waals surface area contributed by atoms with E-state index >= 15 is 0 Å². The molecule has 0 aromatic heterocycles. The first kappa shape index (κ1) is 16.0. The first-order chi connectivity index (χ1) is 9.80. The maximum Gasteiger partial charge on any atom is 0.335 e. The molecule has 1 atom stereocenters. The average Bonchev–Trinajstić information content (AvgIpc) is 2.88. The summed E-state index contributed by atoms with van der Waals surface area (Å²) in [5, 5.41) is 8.60. The first-order valence-corrected chi connectivity index (χ1v) is 8.62. The number of aromatic carboxylic acids is 1. The molecule has 0 spiro atoms. The lowest BCUT2D eigenvalue weighted by Gasteiger charge is -2.19. The quantitative estimate of drug-likeness (QED) is 0.902. The van der Waals surface area contributed by atoms with Gasteiger partial charge < -0.3 is 5.11 Å². The van der Waals surface area contributed by atoms with Crippen molar-refractivity contribution in [3.8, 4) is 0 Å². The monoisotopic (exact) mass is 311 g/mol. The van der Waals surface area contributed by atoms with Crippen LogP contribution in [0.3, 0.4) is 0 Å². The zero-order valence-electron chi connectivity index (χ0n) is 12.3. The molecule has 116 valence electrons. The SMILES string of the molecule is CC(C)S(=O)(=O)N1CCC(Cc2cccc(C(=O)O)c2)C1. The highest BCUT2D eigenvalue weighted by Crippen LogP contribution is 2.25. The Morgan fingerprint density at radius 1 is 1.43 bits per heavy atom. The second kappa shape index (κ2) is 6.15. The Morgan fingerprint density at radius 3 is 2.76 bits per heavy atom. The van der Waals surface area contributed by atoms with Crippen molar-refractivity contribution >= 4 is 16.0 Å². The minimum atomic E-state index is -3.18. The van der Waals surface area contributed by atoms with Gasteiger partial charge in [0.1, 0.15) is 0 Å². The Bertz CT molecular complexity index is 624. The van der Waals surface area contributed by atoms with Gasteiger partial charge in [-0.15, -0.1) is 0 Å². The Morgan fingerprint density at radius 2 is 2.14 bits per heavy atom. The van der Waals surface area contributed by atoms with Crippen LogP contribution in [0.15, 0.2) is 24.3 Å². The second-order valence-electron chi connectivity index (χ2n) is 5.82. The van der Waals surface area contributed by atoms with Crippen LogP contribution < -0.4 is 0 Å². The van der Waals surface area contributed by atoms with Gasteiger partial charge in [-0.3, -0.25) is 0 Å². The van der Waals surface area contributed by atoms with E-state index in [1.165, 1.54) is 0 Å². The third kappa shape index (κ3) is 3.63. The van der Waals surface area contributed by atoms with Gasteiger partial charge in [0.2, 0.25) is 10.0 Å². The van der Waals surface area contributed by atoms with Gasteiger partial charge in [-0.1, -0.05) is 12.1 Å². The van der Waals surface area contributed by atoms with E-state index in [4.69, 9.17) is 5.11 Å². The molecule has 6 heteroatoms. The number of benzene rings is 1. The van der Waals surface area contributed by atoms with Crippen LogP contribution in [0.1, 0.15) is 36.2 Å². The molecule has 1 aromatic carbocycles. The Balaban J connectivity index is 2.03. The fourth-order valence-corrected chi connectivity index (χ4v) is 4.03. The molecular weight excluding hydrogens is 290 g/mol. The minimum absolute atomic E-state index is 0.252. The second-order valence-corrected chi connectivity index (χ2v) is 8.31. The van der Waals surface area contributed by atoms with Gasteiger partial charge >= 0.3 is 5.97 Å². The van der Waals surface area contributed by atoms with Crippen LogP contribution in [0.25, 0.3) is 0 Å². The maximum absolute atomic E-state index is 12.1. The molecule has 1 heterocycles. The molecule has 2 rings (SSSR count). The smallest absolute Gasteiger partial charge is 0.335 e. The molecule has 21 heavy (non-hydrogen) atoms. The van der Waals surface area contributed by atoms with Crippen molar-refractivity contribution in [2.75, 3.05) is 13.1 Å². The van der Waals surface area contributed by atoms with E-state index < -0.39 is 21.2 Å². The molecule has 0 radical (unpaired) electrons. The third-order valence-corrected chi connectivity index (χ3v) is 6.15. The summed E-state index contributed by atoms with van der Waals surface area (Å²) in [5.41, 5.74) is 1.22. The topological polar surface area (TPSA) is 74.7 Å². The highest BCUT2D eigenvalue weighted by atomic mass is 32.2. The van der Waals surface area contributed by atoms with Crippen LogP contribution in [0.2, 0.25) is 0 Å². The van der Waals surface area contributed by atoms with Crippen molar-refractivity contribution in [1.82, 2.24) is 4.31 Å². The van der Waals surface area contributed by atoms with E-state index in [2.05, 4.69) is 0 Å². The van der Waals surface area contributed by atoms with Gasteiger partial charge in [0.25, 0.3) is 0 Å². The van der Waals surface area contributed by atoms with Crippen molar-refractivity contribution in [3.05, 3.63) is 35.4 Å². The summed E-state index contributed by atoms with van der Waals surface area (Å²) in [5.74, 6) is -0.685. The number of carboxylic acid groups (broad SMARTS) is 1. The van der Waals surface area contributed by atoms with Crippen LogP contribution in [0, 0.1) is 5.92 Å². The zero-order chi connectivity index (χ0) is 15.6. The summed E-state index contributed by atoms with van der Waals surface area (Å²) in [6, 6.07) is 6.86. The predicted octanol–water partition coefficient (Wildman–Crippen LogP) is 1.99. The largest absolute Gasteiger partial charge is 0.478 e. The molecule has 1 aromatic rings. The summed E-state index contributed by atoms with van der Waals surface area (Å²) in [6.45, 7) is 4.47. The highest BCUT2D eigenvalue weighted by Gasteiger charge is 2.33. The Labute approximate surface area is 125 Å². The highest BCUT2D eigenvalue weighted by molar-refractivity contribution is 7.89. The summed E-state index contributed by atoms with van der Waals surface area (Å²) < 4.78 is 25.8. The Hall–Kier alpha value is -1.40. The number of hydrogen-bond acceptors (Lipinski definition) is 3. The van der Waals surface area contributed by atoms with E-state index in [1.807, 2.05) is 6.07 Å². The van der Waals surface area contributed by atoms with Crippen molar-refractivity contribution < 1.29 is 18.3 Å². The lowest BCUT2D eigenvalue weighted by atomic mass is 9.97. The van der Waals surface area contributed by atoms with Gasteiger partial charge in [0, 0.05) is 13.1 Å². The lowest BCUT2D eigenvalue weighted by Crippen LogP contribution is -2.34. The summed E-state index contributed by atoms with van der Waals surface area (Å²) in [4.78, 5) is 11.0. The molecule has 0 bridgehead atoms. The van der Waals surface area contributed by atoms with Crippen LogP contribution in [-0.2, 0) is 16.4 Å². The fourth-order valence-electron chi connectivity index (χ4n) is 2.66. The molecule has 1 unspecified atom stereocenters. The standard InChI is InChI=1S/C15H21NO4S/c1-11(2)21(19,20)16-7-6-13(10-16)8-12-4-3-5-14(9-12)15(17)18/h3-5,9,11,13H,6-8,10H2,1-2H3,(H,17,18). The van der Waals surface area contributed by atoms with Crippen LogP contribution >= 0.6 is 0 Å². The minimum Gasteiger partial charge on any atom is -0.478 e. The summed E-state index contributed by atoms with van der Waals surface area (Å²) in [6.07, 6.45) is 1.54. The number of rotatable bonds is 5. The van der Waals surface area contributed by atoms with Gasteiger partial charge in [-0.05, 0) is 50.3 Å². The maximum atomic E-state index is 12.1. The zero-order valence-corrected chi connectivity index (χ0v) is 13.1. The molecule has 0 amide bonds. The number of nitrogens with zero attached hydrogens (tertiary/aromatic N) is 1. The molecule has 1 aliphatic rings. The number of hydrogen-bond donors (Lipinski definition) is 1. The van der Waals surface area contributed by atoms with Crippen molar-refractivity contribution in [1.29, 1.82) is 0 Å². The molecule has 0 aliphatic carbocycles. The Kier molecular flexibility index (Phi) is 4.68. The van der Waals surface area contributed by atoms with Gasteiger partial charge in [0.15, 0.2) is 0 Å². The average molecular weight is 311 g/mol. The van der Waals surface area contributed by atoms with Crippen molar-refractivity contribution in [2.45, 2.75) is 31.9 Å². The van der Waals surface area contributed by atoms with Gasteiger partial charge in [-0.25, -0.2) is 17.5 Å². The molecule has 1 fully saturated rings. The van der Waals surface area contributed by atoms with Crippen LogP contribution in [0.4, 0.5) is 0 Å². The number of sulfonamides is 1. The van der Waals surface area contributed by atoms with E-state index in [-0.39, 0.29) is 11.5 Å². The molecule has 0 saturated carbocycles. The molecule has 5 nitrogen and oxygen atoms in total. The third-order valence-electron chi connectivity index (χ3n) is 3.90. The van der Waals surface area contributed by atoms with Gasteiger partial charge in [0.05, 0.1) is 10.8 Å². The first-order valence-electron chi connectivity index (χ1n) is 7.12. The van der Waals surface area contributed by atoms with Gasteiger partial charge in [-0.2, -0.15) is 0 Å². The normalized spacial score (nSPS) is 20.0. The van der Waals surface area contributed by atoms with Crippen molar-refractivity contribution in [2.24, 2.45) is 5.92 Å². The molecular formula is C15H21NO4S. The molecule has 1 saturated heterocycles. The predicted molar refractivity (Wildman–Crippen MR) is 80.8 cm³/mol. The van der Waals surface area contributed by atoms with Crippen molar-refractivity contribution in [3.63, 3.8) is 0 Å². The summed E-state index contributed by atoms with van der Waals surface area (Å²) in [7, 11) is -3.18. The van der Waals surface area contributed by atoms with E-state index in [1.54, 1.807) is 36.4 Å². The van der Waals surface area contributed by atoms with E-state index in [9.17, 15) is 13.2 Å². The van der Waals surface area contributed by atoms with Crippen LogP contribution in [-0.4, -0.2) is 42.1 Å². The fraction of sp³-hybridized carbons (Fsp3) is 0.533. The van der Waals surface area contributed by atoms with Crippen LogP contribution in [0.5, 0.6) is 0 Å². The number of carbonyl (C=O) groups is 1. The molecule has 1 N–H and O–H groups in total. The summed E-state index contributed by atoms with van der Waals surface area (Å²) >= 11 is 0. The van der Waals surface area contributed by atoms with E-state index in [0.29, 0.717) is 19.5 Å².